The first-order chi connectivity index (χ1) is 16.6. The molecule has 3 aromatic rings. The Morgan fingerprint density at radius 2 is 1.77 bits per heavy atom. The van der Waals surface area contributed by atoms with Gasteiger partial charge in [-0.3, -0.25) is 4.79 Å². The van der Waals surface area contributed by atoms with Gasteiger partial charge in [-0.1, -0.05) is 24.3 Å². The van der Waals surface area contributed by atoms with Crippen LogP contribution < -0.4 is 10.5 Å². The van der Waals surface area contributed by atoms with Gasteiger partial charge in [-0.25, -0.2) is 14.4 Å². The van der Waals surface area contributed by atoms with Crippen LogP contribution in [0.25, 0.3) is 11.3 Å². The largest absolute Gasteiger partial charge is 0.470 e. The van der Waals surface area contributed by atoms with Gasteiger partial charge in [0.2, 0.25) is 0 Å². The average Bonchev–Trinajstić information content (AvgIpc) is 2.83. The Morgan fingerprint density at radius 1 is 1.09 bits per heavy atom. The smallest absolute Gasteiger partial charge is 0.419 e. The van der Waals surface area contributed by atoms with E-state index in [2.05, 4.69) is 14.9 Å². The second-order valence-corrected chi connectivity index (χ2v) is 8.18. The van der Waals surface area contributed by atoms with E-state index in [-0.39, 0.29) is 17.6 Å². The van der Waals surface area contributed by atoms with Crippen molar-refractivity contribution in [3.63, 3.8) is 0 Å². The van der Waals surface area contributed by atoms with Crippen molar-refractivity contribution < 1.29 is 27.1 Å². The van der Waals surface area contributed by atoms with Gasteiger partial charge in [0.25, 0.3) is 11.8 Å². The number of amides is 1. The Balaban J connectivity index is 1.50. The van der Waals surface area contributed by atoms with Crippen LogP contribution in [0.2, 0.25) is 0 Å². The standard InChI is InChI=1S/C24H23F4N5O2/c1-32-9-11-33(12-10-32)23(34)16-7-5-15(6-8-16)19-13-30-21(29)22(31-19)35-14-17-3-2-4-18(25)20(17)24(26,27)28/h2-8,13H,9-12,14H2,1H3,(H2,29,30). The molecule has 1 amide bonds. The van der Waals surface area contributed by atoms with Crippen molar-refractivity contribution in [3.8, 4) is 17.1 Å². The molecule has 0 saturated carbocycles. The summed E-state index contributed by atoms with van der Waals surface area (Å²) in [6.07, 6.45) is -3.49. The molecule has 35 heavy (non-hydrogen) atoms. The molecule has 0 radical (unpaired) electrons. The molecule has 0 spiro atoms. The number of alkyl halides is 3. The summed E-state index contributed by atoms with van der Waals surface area (Å²) in [6, 6.07) is 9.77. The number of nitrogens with zero attached hydrogens (tertiary/aromatic N) is 4. The van der Waals surface area contributed by atoms with Crippen LogP contribution in [0.15, 0.2) is 48.7 Å². The topological polar surface area (TPSA) is 84.6 Å². The highest BCUT2D eigenvalue weighted by Gasteiger charge is 2.36. The second kappa shape index (κ2) is 9.87. The van der Waals surface area contributed by atoms with Crippen molar-refractivity contribution in [2.75, 3.05) is 39.0 Å². The zero-order chi connectivity index (χ0) is 25.2. The molecule has 1 aromatic heterocycles. The molecule has 0 bridgehead atoms. The zero-order valence-corrected chi connectivity index (χ0v) is 18.8. The summed E-state index contributed by atoms with van der Waals surface area (Å²) in [5.74, 6) is -1.76. The van der Waals surface area contributed by atoms with Crippen LogP contribution in [-0.4, -0.2) is 58.9 Å². The van der Waals surface area contributed by atoms with Crippen LogP contribution in [0, 0.1) is 5.82 Å². The van der Waals surface area contributed by atoms with Crippen LogP contribution in [0.4, 0.5) is 23.4 Å². The molecule has 2 heterocycles. The highest BCUT2D eigenvalue weighted by Crippen LogP contribution is 2.35. The fraction of sp³-hybridized carbons (Fsp3) is 0.292. The number of piperazine rings is 1. The van der Waals surface area contributed by atoms with Gasteiger partial charge in [-0.15, -0.1) is 0 Å². The number of anilines is 1. The van der Waals surface area contributed by atoms with Crippen LogP contribution >= 0.6 is 0 Å². The van der Waals surface area contributed by atoms with Crippen molar-refractivity contribution >= 4 is 11.7 Å². The van der Waals surface area contributed by atoms with E-state index in [0.717, 1.165) is 25.2 Å². The van der Waals surface area contributed by atoms with Gasteiger partial charge in [0, 0.05) is 42.9 Å². The van der Waals surface area contributed by atoms with E-state index in [0.29, 0.717) is 29.9 Å². The lowest BCUT2D eigenvalue weighted by Gasteiger charge is -2.32. The maximum Gasteiger partial charge on any atom is 0.419 e. The number of hydrogen-bond donors (Lipinski definition) is 1. The van der Waals surface area contributed by atoms with Gasteiger partial charge in [-0.2, -0.15) is 13.2 Å². The number of rotatable bonds is 5. The summed E-state index contributed by atoms with van der Waals surface area (Å²) in [4.78, 5) is 25.0. The summed E-state index contributed by atoms with van der Waals surface area (Å²) >= 11 is 0. The molecule has 4 rings (SSSR count). The van der Waals surface area contributed by atoms with Gasteiger partial charge in [-0.05, 0) is 25.2 Å². The third-order valence-electron chi connectivity index (χ3n) is 5.73. The average molecular weight is 489 g/mol. The second-order valence-electron chi connectivity index (χ2n) is 8.18. The summed E-state index contributed by atoms with van der Waals surface area (Å²) < 4.78 is 58.9. The van der Waals surface area contributed by atoms with Crippen molar-refractivity contribution in [1.29, 1.82) is 0 Å². The van der Waals surface area contributed by atoms with Crippen LogP contribution in [0.3, 0.4) is 0 Å². The number of benzene rings is 2. The van der Waals surface area contributed by atoms with Crippen LogP contribution in [0.1, 0.15) is 21.5 Å². The quantitative estimate of drug-likeness (QED) is 0.548. The lowest BCUT2D eigenvalue weighted by molar-refractivity contribution is -0.141. The summed E-state index contributed by atoms with van der Waals surface area (Å²) in [5.41, 5.74) is 5.49. The number of carbonyl (C=O) groups excluding carboxylic acids is 1. The van der Waals surface area contributed by atoms with E-state index in [1.54, 1.807) is 29.2 Å². The van der Waals surface area contributed by atoms with Gasteiger partial charge >= 0.3 is 6.18 Å². The number of halogens is 4. The van der Waals surface area contributed by atoms with E-state index >= 15 is 0 Å². The molecule has 0 aliphatic carbocycles. The summed E-state index contributed by atoms with van der Waals surface area (Å²) in [5, 5.41) is 0. The molecular formula is C24H23F4N5O2. The predicted octanol–water partition coefficient (Wildman–Crippen LogP) is 3.85. The molecular weight excluding hydrogens is 466 g/mol. The number of nitrogen functional groups attached to an aromatic ring is 1. The number of ether oxygens (including phenoxy) is 1. The van der Waals surface area contributed by atoms with Crippen molar-refractivity contribution in [1.82, 2.24) is 19.8 Å². The highest BCUT2D eigenvalue weighted by molar-refractivity contribution is 5.94. The first kappa shape index (κ1) is 24.4. The Kier molecular flexibility index (Phi) is 6.88. The Labute approximate surface area is 199 Å². The molecule has 0 unspecified atom stereocenters. The minimum absolute atomic E-state index is 0.0624. The van der Waals surface area contributed by atoms with Gasteiger partial charge in [0.1, 0.15) is 12.4 Å². The van der Waals surface area contributed by atoms with E-state index in [4.69, 9.17) is 10.5 Å². The van der Waals surface area contributed by atoms with E-state index in [1.165, 1.54) is 12.3 Å². The SMILES string of the molecule is CN1CCN(C(=O)c2ccc(-c3cnc(N)c(OCc4cccc(F)c4C(F)(F)F)n3)cc2)CC1. The molecule has 11 heteroatoms. The maximum absolute atomic E-state index is 13.8. The molecule has 2 aromatic carbocycles. The van der Waals surface area contributed by atoms with Gasteiger partial charge in [0.15, 0.2) is 5.82 Å². The fourth-order valence-corrected chi connectivity index (χ4v) is 3.76. The number of nitrogens with two attached hydrogens (primary N) is 1. The predicted molar refractivity (Wildman–Crippen MR) is 121 cm³/mol. The molecule has 1 aliphatic rings. The van der Waals surface area contributed by atoms with Gasteiger partial charge < -0.3 is 20.3 Å². The van der Waals surface area contributed by atoms with Crippen LogP contribution in [0.5, 0.6) is 5.88 Å². The van der Waals surface area contributed by atoms with E-state index in [1.807, 2.05) is 7.05 Å². The summed E-state index contributed by atoms with van der Waals surface area (Å²) in [6.45, 7) is 2.33. The molecule has 1 saturated heterocycles. The minimum Gasteiger partial charge on any atom is -0.470 e. The molecule has 184 valence electrons. The van der Waals surface area contributed by atoms with Crippen LogP contribution in [-0.2, 0) is 12.8 Å². The van der Waals surface area contributed by atoms with E-state index < -0.39 is 29.7 Å². The monoisotopic (exact) mass is 489 g/mol. The molecule has 1 fully saturated rings. The van der Waals surface area contributed by atoms with Gasteiger partial charge in [0.05, 0.1) is 17.5 Å². The van der Waals surface area contributed by atoms with Crippen molar-refractivity contribution in [2.24, 2.45) is 0 Å². The zero-order valence-electron chi connectivity index (χ0n) is 18.8. The first-order valence-corrected chi connectivity index (χ1v) is 10.8. The Hall–Kier alpha value is -3.73. The number of hydrogen-bond acceptors (Lipinski definition) is 6. The minimum atomic E-state index is -4.88. The lowest BCUT2D eigenvalue weighted by atomic mass is 10.1. The van der Waals surface area contributed by atoms with Crippen molar-refractivity contribution in [3.05, 3.63) is 71.2 Å². The maximum atomic E-state index is 13.8. The third kappa shape index (κ3) is 5.51. The number of aromatic nitrogens is 2. The highest BCUT2D eigenvalue weighted by atomic mass is 19.4. The first-order valence-electron chi connectivity index (χ1n) is 10.8. The molecule has 7 nitrogen and oxygen atoms in total. The molecule has 0 atom stereocenters. The van der Waals surface area contributed by atoms with Crippen molar-refractivity contribution in [2.45, 2.75) is 12.8 Å². The van der Waals surface area contributed by atoms with E-state index in [9.17, 15) is 22.4 Å². The molecule has 2 N–H and O–H groups in total. The summed E-state index contributed by atoms with van der Waals surface area (Å²) in [7, 11) is 2.01. The molecule has 1 aliphatic heterocycles. The fourth-order valence-electron chi connectivity index (χ4n) is 3.76. The Morgan fingerprint density at radius 3 is 2.43 bits per heavy atom. The number of carbonyl (C=O) groups is 1. The lowest BCUT2D eigenvalue weighted by Crippen LogP contribution is -2.47. The normalized spacial score (nSPS) is 14.7. The Bertz CT molecular complexity index is 1210. The third-order valence-corrected chi connectivity index (χ3v) is 5.73. The number of likely N-dealkylation sites (N-methyl/N-ethyl adjacent to an activating group) is 1.